The second-order valence-corrected chi connectivity index (χ2v) is 5.27. The van der Waals surface area contributed by atoms with Crippen LogP contribution in [-0.2, 0) is 0 Å². The van der Waals surface area contributed by atoms with E-state index in [4.69, 9.17) is 0 Å². The summed E-state index contributed by atoms with van der Waals surface area (Å²) in [6.45, 7) is 7.74. The quantitative estimate of drug-likeness (QED) is 0.558. The van der Waals surface area contributed by atoms with E-state index in [9.17, 15) is 0 Å². The molecule has 0 heterocycles. The van der Waals surface area contributed by atoms with E-state index in [1.54, 1.807) is 0 Å². The molecule has 0 saturated heterocycles. The molecule has 0 aliphatic carbocycles. The molecule has 2 aromatic rings. The van der Waals surface area contributed by atoms with Gasteiger partial charge in [0.25, 0.3) is 0 Å². The van der Waals surface area contributed by atoms with Crippen molar-refractivity contribution in [3.63, 3.8) is 0 Å². The summed E-state index contributed by atoms with van der Waals surface area (Å²) in [5.41, 5.74) is 4.46. The van der Waals surface area contributed by atoms with Crippen LogP contribution in [0.2, 0.25) is 0 Å². The van der Waals surface area contributed by atoms with Crippen molar-refractivity contribution < 1.29 is 0 Å². The van der Waals surface area contributed by atoms with E-state index in [-0.39, 0.29) is 0 Å². The van der Waals surface area contributed by atoms with Crippen LogP contribution in [0.15, 0.2) is 104 Å². The van der Waals surface area contributed by atoms with Crippen LogP contribution >= 0.6 is 0 Å². The van der Waals surface area contributed by atoms with Gasteiger partial charge in [0.2, 0.25) is 0 Å². The fourth-order valence-electron chi connectivity index (χ4n) is 2.34. The molecule has 0 aliphatic heterocycles. The minimum Gasteiger partial charge on any atom is -0.345 e. The van der Waals surface area contributed by atoms with Crippen LogP contribution in [0.3, 0.4) is 0 Å². The van der Waals surface area contributed by atoms with Gasteiger partial charge in [-0.05, 0) is 35.4 Å². The zero-order valence-electron chi connectivity index (χ0n) is 14.1. The lowest BCUT2D eigenvalue weighted by molar-refractivity contribution is 1.14. The number of anilines is 1. The van der Waals surface area contributed by atoms with E-state index >= 15 is 0 Å². The van der Waals surface area contributed by atoms with Crippen LogP contribution in [0.4, 0.5) is 5.69 Å². The first-order valence-electron chi connectivity index (χ1n) is 7.94. The third-order valence-corrected chi connectivity index (χ3v) is 3.72. The molecule has 1 nitrogen and oxygen atoms in total. The monoisotopic (exact) mass is 313 g/mol. The average Bonchev–Trinajstić information content (AvgIpc) is 2.65. The van der Waals surface area contributed by atoms with E-state index in [1.165, 1.54) is 0 Å². The molecule has 0 amide bonds. The van der Waals surface area contributed by atoms with Crippen molar-refractivity contribution in [3.8, 4) is 0 Å². The summed E-state index contributed by atoms with van der Waals surface area (Å²) in [6, 6.07) is 18.4. The topological polar surface area (TPSA) is 3.24 Å². The molecule has 0 spiro atoms. The van der Waals surface area contributed by atoms with E-state index in [0.717, 1.165) is 22.5 Å². The Hall–Kier alpha value is -3.06. The summed E-state index contributed by atoms with van der Waals surface area (Å²) in [6.07, 6.45) is 13.9. The van der Waals surface area contributed by atoms with Gasteiger partial charge in [-0.15, -0.1) is 0 Å². The third-order valence-electron chi connectivity index (χ3n) is 3.72. The van der Waals surface area contributed by atoms with Crippen LogP contribution in [0.25, 0.3) is 12.2 Å². The van der Waals surface area contributed by atoms with Gasteiger partial charge in [0.1, 0.15) is 0 Å². The summed E-state index contributed by atoms with van der Waals surface area (Å²) in [5.74, 6) is 0. The van der Waals surface area contributed by atoms with E-state index in [2.05, 4.69) is 48.4 Å². The molecule has 2 rings (SSSR count). The van der Waals surface area contributed by atoms with Gasteiger partial charge in [-0.2, -0.15) is 0 Å². The Kier molecular flexibility index (Phi) is 6.60. The van der Waals surface area contributed by atoms with Crippen LogP contribution in [0, 0.1) is 0 Å². The molecule has 0 saturated carbocycles. The predicted molar refractivity (Wildman–Crippen MR) is 108 cm³/mol. The largest absolute Gasteiger partial charge is 0.345 e. The molecule has 0 fully saturated rings. The van der Waals surface area contributed by atoms with E-state index < -0.39 is 0 Å². The molecule has 2 aromatic carbocycles. The normalized spacial score (nSPS) is 11.8. The van der Waals surface area contributed by atoms with Crippen LogP contribution in [0.5, 0.6) is 0 Å². The number of hydrogen-bond donors (Lipinski definition) is 0. The van der Waals surface area contributed by atoms with E-state index in [0.29, 0.717) is 0 Å². The third kappa shape index (κ3) is 4.72. The highest BCUT2D eigenvalue weighted by atomic mass is 15.1. The molecule has 120 valence electrons. The van der Waals surface area contributed by atoms with Gasteiger partial charge >= 0.3 is 0 Å². The Morgan fingerprint density at radius 2 is 1.50 bits per heavy atom. The van der Waals surface area contributed by atoms with Gasteiger partial charge in [-0.1, -0.05) is 86.0 Å². The molecule has 1 heteroatoms. The highest BCUT2D eigenvalue weighted by molar-refractivity contribution is 5.65. The molecule has 0 N–H and O–H groups in total. The van der Waals surface area contributed by atoms with Gasteiger partial charge in [-0.25, -0.2) is 0 Å². The summed E-state index contributed by atoms with van der Waals surface area (Å²) < 4.78 is 0. The first-order chi connectivity index (χ1) is 11.8. The molecule has 24 heavy (non-hydrogen) atoms. The number of hydrogen-bond acceptors (Lipinski definition) is 1. The van der Waals surface area contributed by atoms with Gasteiger partial charge < -0.3 is 4.90 Å². The fraction of sp³-hybridized carbons (Fsp3) is 0.0435. The van der Waals surface area contributed by atoms with Crippen LogP contribution in [-0.4, -0.2) is 7.05 Å². The highest BCUT2D eigenvalue weighted by Crippen LogP contribution is 2.17. The van der Waals surface area contributed by atoms with Crippen molar-refractivity contribution >= 4 is 17.8 Å². The molecule has 0 aliphatic rings. The van der Waals surface area contributed by atoms with Gasteiger partial charge in [0.15, 0.2) is 0 Å². The minimum absolute atomic E-state index is 1.04. The number of rotatable bonds is 7. The van der Waals surface area contributed by atoms with Gasteiger partial charge in [0.05, 0.1) is 0 Å². The molecular formula is C23H23N. The van der Waals surface area contributed by atoms with Crippen molar-refractivity contribution in [1.29, 1.82) is 0 Å². The van der Waals surface area contributed by atoms with Crippen molar-refractivity contribution in [2.75, 3.05) is 11.9 Å². The van der Waals surface area contributed by atoms with Crippen molar-refractivity contribution in [1.82, 2.24) is 0 Å². The Balaban J connectivity index is 2.07. The Bertz CT molecular complexity index is 764. The Morgan fingerprint density at radius 3 is 2.17 bits per heavy atom. The maximum atomic E-state index is 3.90. The first-order valence-corrected chi connectivity index (χ1v) is 7.94. The number of allylic oxidation sites excluding steroid dienone is 5. The molecule has 0 radical (unpaired) electrons. The predicted octanol–water partition coefficient (Wildman–Crippen LogP) is 6.11. The van der Waals surface area contributed by atoms with Crippen LogP contribution in [0.1, 0.15) is 11.1 Å². The number of nitrogens with zero attached hydrogens (tertiary/aromatic N) is 1. The second-order valence-electron chi connectivity index (χ2n) is 5.27. The fourth-order valence-corrected chi connectivity index (χ4v) is 2.34. The SMILES string of the molecule is C=C\C(=C/C=C\C=C/c1ccccc1C=C)N(C)c1ccccc1. The zero-order chi connectivity index (χ0) is 17.2. The molecular weight excluding hydrogens is 290 g/mol. The number of likely N-dealkylation sites (N-methyl/N-ethyl adjacent to an activating group) is 1. The number of benzene rings is 2. The second kappa shape index (κ2) is 9.16. The summed E-state index contributed by atoms with van der Waals surface area (Å²) in [7, 11) is 2.03. The Labute approximate surface area is 145 Å². The maximum absolute atomic E-state index is 3.90. The molecule has 0 unspecified atom stereocenters. The standard InChI is InChI=1S/C23H23N/c1-4-20-14-12-13-16-21(20)15-8-6-9-17-22(5-2)24(3)23-18-10-7-11-19-23/h4-19H,1-2H2,3H3/b9-6-,15-8-,22-17+. The smallest absolute Gasteiger partial charge is 0.0408 e. The van der Waals surface area contributed by atoms with Crippen LogP contribution < -0.4 is 4.90 Å². The molecule has 0 bridgehead atoms. The number of para-hydroxylation sites is 1. The lowest BCUT2D eigenvalue weighted by Crippen LogP contribution is -2.14. The minimum atomic E-state index is 1.04. The lowest BCUT2D eigenvalue weighted by Gasteiger charge is -2.19. The first kappa shape index (κ1) is 17.3. The molecule has 0 atom stereocenters. The van der Waals surface area contributed by atoms with E-state index in [1.807, 2.05) is 73.8 Å². The summed E-state index contributed by atoms with van der Waals surface area (Å²) in [4.78, 5) is 2.11. The lowest BCUT2D eigenvalue weighted by atomic mass is 10.1. The Morgan fingerprint density at radius 1 is 0.833 bits per heavy atom. The summed E-state index contributed by atoms with van der Waals surface area (Å²) in [5, 5.41) is 0. The van der Waals surface area contributed by atoms with Crippen molar-refractivity contribution in [2.45, 2.75) is 0 Å². The summed E-state index contributed by atoms with van der Waals surface area (Å²) >= 11 is 0. The van der Waals surface area contributed by atoms with Gasteiger partial charge in [-0.3, -0.25) is 0 Å². The maximum Gasteiger partial charge on any atom is 0.0408 e. The van der Waals surface area contributed by atoms with Crippen molar-refractivity contribution in [2.24, 2.45) is 0 Å². The van der Waals surface area contributed by atoms with Gasteiger partial charge in [0, 0.05) is 18.4 Å². The highest BCUT2D eigenvalue weighted by Gasteiger charge is 2.01. The average molecular weight is 313 g/mol. The van der Waals surface area contributed by atoms with Crippen molar-refractivity contribution in [3.05, 3.63) is 115 Å². The zero-order valence-corrected chi connectivity index (χ0v) is 14.1. The molecule has 0 aromatic heterocycles.